The van der Waals surface area contributed by atoms with Gasteiger partial charge in [-0.25, -0.2) is 4.79 Å². The number of aromatic nitrogens is 1. The molecular formula is C10H9Br2N3O2. The maximum Gasteiger partial charge on any atom is 0.322 e. The van der Waals surface area contributed by atoms with Crippen molar-refractivity contribution in [3.05, 3.63) is 21.1 Å². The van der Waals surface area contributed by atoms with Crippen LogP contribution < -0.4 is 10.6 Å². The molecule has 0 spiro atoms. The van der Waals surface area contributed by atoms with Gasteiger partial charge in [-0.05, 0) is 50.9 Å². The van der Waals surface area contributed by atoms with Crippen molar-refractivity contribution in [3.8, 4) is 0 Å². The average Bonchev–Trinajstić information content (AvgIpc) is 2.67. The highest BCUT2D eigenvalue weighted by atomic mass is 79.9. The Hall–Kier alpha value is -1.08. The molecule has 0 saturated carbocycles. The Morgan fingerprint density at radius 1 is 1.47 bits per heavy atom. The molecule has 2 amide bonds. The summed E-state index contributed by atoms with van der Waals surface area (Å²) in [6.45, 7) is 2.38. The van der Waals surface area contributed by atoms with E-state index in [1.165, 1.54) is 0 Å². The average molecular weight is 363 g/mol. The molecule has 1 heterocycles. The predicted molar refractivity (Wildman–Crippen MR) is 72.1 cm³/mol. The molecule has 0 unspecified atom stereocenters. The van der Waals surface area contributed by atoms with Crippen LogP contribution in [0.15, 0.2) is 25.5 Å². The summed E-state index contributed by atoms with van der Waals surface area (Å²) >= 11 is 6.77. The van der Waals surface area contributed by atoms with E-state index < -0.39 is 0 Å². The van der Waals surface area contributed by atoms with Gasteiger partial charge in [0.05, 0.1) is 4.47 Å². The smallest absolute Gasteiger partial charge is 0.322 e. The second kappa shape index (κ2) is 5.05. The van der Waals surface area contributed by atoms with Crippen molar-refractivity contribution in [1.29, 1.82) is 0 Å². The van der Waals surface area contributed by atoms with Crippen LogP contribution in [0, 0.1) is 0 Å². The summed E-state index contributed by atoms with van der Waals surface area (Å²) in [6, 6.07) is 3.45. The number of hydrogen-bond acceptors (Lipinski definition) is 3. The van der Waals surface area contributed by atoms with Crippen LogP contribution in [0.1, 0.15) is 6.92 Å². The van der Waals surface area contributed by atoms with E-state index in [1.54, 1.807) is 6.07 Å². The maximum atomic E-state index is 11.3. The zero-order valence-corrected chi connectivity index (χ0v) is 12.1. The molecule has 0 saturated heterocycles. The molecular weight excluding hydrogens is 354 g/mol. The van der Waals surface area contributed by atoms with Crippen LogP contribution in [0.25, 0.3) is 11.1 Å². The Morgan fingerprint density at radius 2 is 2.24 bits per heavy atom. The fourth-order valence-electron chi connectivity index (χ4n) is 1.29. The van der Waals surface area contributed by atoms with Crippen molar-refractivity contribution in [1.82, 2.24) is 10.3 Å². The lowest BCUT2D eigenvalue weighted by Crippen LogP contribution is -2.28. The monoisotopic (exact) mass is 361 g/mol. The van der Waals surface area contributed by atoms with E-state index in [0.29, 0.717) is 17.6 Å². The van der Waals surface area contributed by atoms with Crippen molar-refractivity contribution >= 4 is 55.0 Å². The normalized spacial score (nSPS) is 10.5. The number of anilines is 1. The van der Waals surface area contributed by atoms with Gasteiger partial charge in [0.1, 0.15) is 5.52 Å². The van der Waals surface area contributed by atoms with Gasteiger partial charge in [-0.2, -0.15) is 4.98 Å². The number of rotatable bonds is 2. The van der Waals surface area contributed by atoms with Gasteiger partial charge in [-0.3, -0.25) is 5.32 Å². The summed E-state index contributed by atoms with van der Waals surface area (Å²) in [5, 5.41) is 5.11. The molecule has 0 bridgehead atoms. The summed E-state index contributed by atoms with van der Waals surface area (Å²) < 4.78 is 7.06. The third kappa shape index (κ3) is 2.61. The molecule has 0 fully saturated rings. The highest BCUT2D eigenvalue weighted by Gasteiger charge is 2.12. The van der Waals surface area contributed by atoms with Gasteiger partial charge < -0.3 is 9.73 Å². The maximum absolute atomic E-state index is 11.3. The molecule has 2 rings (SSSR count). The van der Waals surface area contributed by atoms with Gasteiger partial charge in [-0.1, -0.05) is 0 Å². The number of fused-ring (bicyclic) bond motifs is 1. The number of amides is 2. The minimum atomic E-state index is -0.339. The first-order valence-electron chi connectivity index (χ1n) is 4.91. The van der Waals surface area contributed by atoms with E-state index in [4.69, 9.17) is 4.42 Å². The van der Waals surface area contributed by atoms with E-state index in [2.05, 4.69) is 47.5 Å². The summed E-state index contributed by atoms with van der Waals surface area (Å²) in [7, 11) is 0. The molecule has 2 aromatic rings. The van der Waals surface area contributed by atoms with Crippen LogP contribution in [-0.2, 0) is 0 Å². The Balaban J connectivity index is 2.32. The third-order valence-corrected chi connectivity index (χ3v) is 4.01. The molecule has 7 heteroatoms. The van der Waals surface area contributed by atoms with E-state index >= 15 is 0 Å². The molecule has 0 radical (unpaired) electrons. The molecule has 2 N–H and O–H groups in total. The van der Waals surface area contributed by atoms with Crippen molar-refractivity contribution in [2.45, 2.75) is 6.92 Å². The lowest BCUT2D eigenvalue weighted by molar-refractivity contribution is 0.252. The molecule has 1 aromatic carbocycles. The van der Waals surface area contributed by atoms with Crippen LogP contribution >= 0.6 is 31.9 Å². The Kier molecular flexibility index (Phi) is 3.68. The number of nitrogens with one attached hydrogen (secondary N) is 2. The topological polar surface area (TPSA) is 67.2 Å². The lowest BCUT2D eigenvalue weighted by Gasteiger charge is -1.99. The molecule has 17 heavy (non-hydrogen) atoms. The Labute approximate surface area is 114 Å². The first-order chi connectivity index (χ1) is 8.11. The van der Waals surface area contributed by atoms with Crippen molar-refractivity contribution in [2.75, 3.05) is 11.9 Å². The standard InChI is InChI=1S/C10H9Br2N3O2/c1-2-13-9(16)15-10-14-8-6(17-10)4-3-5(11)7(8)12/h3-4H,2H2,1H3,(H2,13,14,15,16). The number of carbonyl (C=O) groups is 1. The lowest BCUT2D eigenvalue weighted by atomic mass is 10.3. The Morgan fingerprint density at radius 3 is 2.94 bits per heavy atom. The van der Waals surface area contributed by atoms with E-state index in [-0.39, 0.29) is 12.0 Å². The number of urea groups is 1. The van der Waals surface area contributed by atoms with Crippen LogP contribution in [-0.4, -0.2) is 17.6 Å². The van der Waals surface area contributed by atoms with Crippen LogP contribution in [0.2, 0.25) is 0 Å². The van der Waals surface area contributed by atoms with Gasteiger partial charge in [0.15, 0.2) is 5.58 Å². The number of halogens is 2. The van der Waals surface area contributed by atoms with E-state index in [1.807, 2.05) is 13.0 Å². The van der Waals surface area contributed by atoms with Gasteiger partial charge >= 0.3 is 12.0 Å². The first kappa shape index (κ1) is 12.4. The number of nitrogens with zero attached hydrogens (tertiary/aromatic N) is 1. The molecule has 90 valence electrons. The van der Waals surface area contributed by atoms with Gasteiger partial charge in [0.2, 0.25) is 0 Å². The molecule has 5 nitrogen and oxygen atoms in total. The highest BCUT2D eigenvalue weighted by Crippen LogP contribution is 2.32. The zero-order chi connectivity index (χ0) is 12.4. The summed E-state index contributed by atoms with van der Waals surface area (Å²) in [6.07, 6.45) is 0. The zero-order valence-electron chi connectivity index (χ0n) is 8.88. The van der Waals surface area contributed by atoms with Crippen molar-refractivity contribution in [3.63, 3.8) is 0 Å². The number of benzene rings is 1. The SMILES string of the molecule is CCNC(=O)Nc1nc2c(Br)c(Br)ccc2o1. The van der Waals surface area contributed by atoms with Crippen LogP contribution in [0.5, 0.6) is 0 Å². The molecule has 0 atom stereocenters. The Bertz CT molecular complexity index is 568. The van der Waals surface area contributed by atoms with E-state index in [0.717, 1.165) is 8.95 Å². The number of oxazole rings is 1. The van der Waals surface area contributed by atoms with Crippen LogP contribution in [0.4, 0.5) is 10.8 Å². The second-order valence-electron chi connectivity index (χ2n) is 3.21. The van der Waals surface area contributed by atoms with E-state index in [9.17, 15) is 4.79 Å². The quantitative estimate of drug-likeness (QED) is 0.859. The molecule has 0 aliphatic carbocycles. The fourth-order valence-corrected chi connectivity index (χ4v) is 2.03. The molecule has 0 aliphatic rings. The summed E-state index contributed by atoms with van der Waals surface area (Å²) in [5.41, 5.74) is 1.26. The van der Waals surface area contributed by atoms with Gasteiger partial charge in [-0.15, -0.1) is 0 Å². The summed E-state index contributed by atoms with van der Waals surface area (Å²) in [5.74, 6) is 0. The fraction of sp³-hybridized carbons (Fsp3) is 0.200. The van der Waals surface area contributed by atoms with Crippen molar-refractivity contribution < 1.29 is 9.21 Å². The first-order valence-corrected chi connectivity index (χ1v) is 6.49. The second-order valence-corrected chi connectivity index (χ2v) is 4.86. The summed E-state index contributed by atoms with van der Waals surface area (Å²) in [4.78, 5) is 15.5. The van der Waals surface area contributed by atoms with Crippen molar-refractivity contribution in [2.24, 2.45) is 0 Å². The third-order valence-electron chi connectivity index (χ3n) is 2.01. The van der Waals surface area contributed by atoms with Crippen LogP contribution in [0.3, 0.4) is 0 Å². The minimum Gasteiger partial charge on any atom is -0.423 e. The highest BCUT2D eigenvalue weighted by molar-refractivity contribution is 9.13. The van der Waals surface area contributed by atoms with Gasteiger partial charge in [0.25, 0.3) is 0 Å². The molecule has 0 aliphatic heterocycles. The predicted octanol–water partition coefficient (Wildman–Crippen LogP) is 3.49. The minimum absolute atomic E-state index is 0.171. The van der Waals surface area contributed by atoms with Gasteiger partial charge in [0, 0.05) is 11.0 Å². The number of carbonyl (C=O) groups excluding carboxylic acids is 1. The molecule has 1 aromatic heterocycles. The number of hydrogen-bond donors (Lipinski definition) is 2. The largest absolute Gasteiger partial charge is 0.423 e.